The maximum atomic E-state index is 13.1. The number of hydrogen-bond acceptors (Lipinski definition) is 9. The Morgan fingerprint density at radius 3 is 2.24 bits per heavy atom. The van der Waals surface area contributed by atoms with Gasteiger partial charge in [-0.25, -0.2) is 13.2 Å². The molecule has 1 amide bonds. The highest BCUT2D eigenvalue weighted by Crippen LogP contribution is 2.36. The molecule has 5 aromatic rings. The van der Waals surface area contributed by atoms with Gasteiger partial charge in [-0.1, -0.05) is 78.5 Å². The number of aromatic nitrogens is 3. The van der Waals surface area contributed by atoms with E-state index in [0.29, 0.717) is 15.8 Å². The van der Waals surface area contributed by atoms with Crippen molar-refractivity contribution in [3.63, 3.8) is 0 Å². The van der Waals surface area contributed by atoms with Crippen molar-refractivity contribution >= 4 is 49.8 Å². The second-order valence-electron chi connectivity index (χ2n) is 8.92. The van der Waals surface area contributed by atoms with Gasteiger partial charge in [0, 0.05) is 10.6 Å². The van der Waals surface area contributed by atoms with Gasteiger partial charge >= 0.3 is 5.97 Å². The summed E-state index contributed by atoms with van der Waals surface area (Å²) >= 11 is 2.39. The number of anilines is 1. The zero-order chi connectivity index (χ0) is 29.5. The highest BCUT2D eigenvalue weighted by molar-refractivity contribution is 7.99. The number of nitrogens with zero attached hydrogens (tertiary/aromatic N) is 3. The quantitative estimate of drug-likeness (QED) is 0.144. The van der Waals surface area contributed by atoms with Crippen molar-refractivity contribution in [3.8, 4) is 16.1 Å². The zero-order valence-corrected chi connectivity index (χ0v) is 24.9. The number of carbonyl (C=O) groups excluding carboxylic acids is 2. The minimum atomic E-state index is -3.70. The molecule has 0 saturated carbocycles. The summed E-state index contributed by atoms with van der Waals surface area (Å²) in [6, 6.07) is 28.5. The highest BCUT2D eigenvalue weighted by atomic mass is 32.2. The first-order chi connectivity index (χ1) is 20.4. The van der Waals surface area contributed by atoms with Gasteiger partial charge in [-0.3, -0.25) is 9.36 Å². The number of esters is 1. The van der Waals surface area contributed by atoms with Gasteiger partial charge in [-0.05, 0) is 42.8 Å². The molecule has 0 bridgehead atoms. The topological polar surface area (TPSA) is 120 Å². The van der Waals surface area contributed by atoms with Crippen LogP contribution in [-0.4, -0.2) is 47.4 Å². The van der Waals surface area contributed by atoms with Crippen LogP contribution < -0.4 is 5.32 Å². The molecule has 0 spiro atoms. The number of carbonyl (C=O) groups is 2. The third-order valence-corrected chi connectivity index (χ3v) is 9.66. The Balaban J connectivity index is 1.37. The van der Waals surface area contributed by atoms with Gasteiger partial charge in [0.15, 0.2) is 20.8 Å². The lowest BCUT2D eigenvalue weighted by molar-refractivity contribution is -0.113. The number of amides is 1. The molecule has 9 nitrogen and oxygen atoms in total. The van der Waals surface area contributed by atoms with Crippen molar-refractivity contribution < 1.29 is 22.7 Å². The number of benzene rings is 3. The van der Waals surface area contributed by atoms with Gasteiger partial charge in [0.1, 0.15) is 10.8 Å². The van der Waals surface area contributed by atoms with Gasteiger partial charge < -0.3 is 10.1 Å². The number of sulfone groups is 1. The molecule has 0 fully saturated rings. The van der Waals surface area contributed by atoms with Gasteiger partial charge in [-0.15, -0.1) is 21.5 Å². The van der Waals surface area contributed by atoms with E-state index in [1.165, 1.54) is 23.5 Å². The number of para-hydroxylation sites is 1. The lowest BCUT2D eigenvalue weighted by Gasteiger charge is -2.11. The summed E-state index contributed by atoms with van der Waals surface area (Å²) in [6.45, 7) is 1.93. The van der Waals surface area contributed by atoms with E-state index in [1.807, 2.05) is 60.7 Å². The predicted octanol–water partition coefficient (Wildman–Crippen LogP) is 5.88. The summed E-state index contributed by atoms with van der Waals surface area (Å²) in [6.07, 6.45) is 0. The molecule has 1 N–H and O–H groups in total. The smallest absolute Gasteiger partial charge is 0.341 e. The van der Waals surface area contributed by atoms with Crippen LogP contribution in [0.4, 0.5) is 5.00 Å². The van der Waals surface area contributed by atoms with Crippen LogP contribution in [0.3, 0.4) is 0 Å². The summed E-state index contributed by atoms with van der Waals surface area (Å²) in [5, 5.41) is 12.0. The van der Waals surface area contributed by atoms with Crippen LogP contribution in [-0.2, 0) is 25.1 Å². The molecule has 0 saturated heterocycles. The Morgan fingerprint density at radius 2 is 1.57 bits per heavy atom. The van der Waals surface area contributed by atoms with Gasteiger partial charge in [0.25, 0.3) is 0 Å². The largest absolute Gasteiger partial charge is 0.462 e. The standard InChI is InChI=1S/C30H26N4O5S3/c1-2-39-29(36)24-18-25(21-12-6-3-7-13-21)41-28(24)31-27(35)19-40-30-33-32-26(34(30)22-14-8-4-9-15-22)20-42(37,38)23-16-10-5-11-17-23/h3-18H,2,19-20H2,1H3,(H,31,35). The van der Waals surface area contributed by atoms with Crippen molar-refractivity contribution in [3.05, 3.63) is 108 Å². The second-order valence-corrected chi connectivity index (χ2v) is 12.9. The Morgan fingerprint density at radius 1 is 0.929 bits per heavy atom. The fraction of sp³-hybridized carbons (Fsp3) is 0.133. The van der Waals surface area contributed by atoms with Crippen LogP contribution in [0.1, 0.15) is 23.1 Å². The highest BCUT2D eigenvalue weighted by Gasteiger charge is 2.24. The predicted molar refractivity (Wildman–Crippen MR) is 164 cm³/mol. The van der Waals surface area contributed by atoms with Crippen molar-refractivity contribution in [2.75, 3.05) is 17.7 Å². The average molecular weight is 619 g/mol. The summed E-state index contributed by atoms with van der Waals surface area (Å²) in [7, 11) is -3.70. The molecule has 3 aromatic carbocycles. The van der Waals surface area contributed by atoms with Crippen LogP contribution >= 0.6 is 23.1 Å². The molecule has 42 heavy (non-hydrogen) atoms. The lowest BCUT2D eigenvalue weighted by Crippen LogP contribution is -2.16. The van der Waals surface area contributed by atoms with E-state index in [2.05, 4.69) is 15.5 Å². The average Bonchev–Trinajstić information content (AvgIpc) is 3.61. The van der Waals surface area contributed by atoms with Crippen LogP contribution in [0, 0.1) is 0 Å². The first kappa shape index (κ1) is 29.2. The minimum Gasteiger partial charge on any atom is -0.462 e. The molecule has 0 radical (unpaired) electrons. The Kier molecular flexibility index (Phi) is 9.15. The maximum absolute atomic E-state index is 13.1. The molecule has 2 heterocycles. The van der Waals surface area contributed by atoms with E-state index in [4.69, 9.17) is 4.74 Å². The number of ether oxygens (including phenoxy) is 1. The van der Waals surface area contributed by atoms with Crippen molar-refractivity contribution in [2.45, 2.75) is 22.7 Å². The molecule has 0 atom stereocenters. The normalized spacial score (nSPS) is 11.3. The fourth-order valence-electron chi connectivity index (χ4n) is 4.09. The minimum absolute atomic E-state index is 0.0583. The van der Waals surface area contributed by atoms with Crippen molar-refractivity contribution in [1.29, 1.82) is 0 Å². The molecule has 12 heteroatoms. The van der Waals surface area contributed by atoms with Gasteiger partial charge in [0.05, 0.1) is 22.8 Å². The van der Waals surface area contributed by atoms with E-state index in [9.17, 15) is 18.0 Å². The fourth-order valence-corrected chi connectivity index (χ4v) is 7.19. The lowest BCUT2D eigenvalue weighted by atomic mass is 10.1. The SMILES string of the molecule is CCOC(=O)c1cc(-c2ccccc2)sc1NC(=O)CSc1nnc(CS(=O)(=O)c2ccccc2)n1-c1ccccc1. The van der Waals surface area contributed by atoms with Crippen LogP contribution in [0.5, 0.6) is 0 Å². The maximum Gasteiger partial charge on any atom is 0.341 e. The zero-order valence-electron chi connectivity index (χ0n) is 22.5. The molecule has 2 aromatic heterocycles. The molecule has 5 rings (SSSR count). The van der Waals surface area contributed by atoms with Gasteiger partial charge in [0.2, 0.25) is 5.91 Å². The van der Waals surface area contributed by atoms with Crippen molar-refractivity contribution in [1.82, 2.24) is 14.8 Å². The first-order valence-electron chi connectivity index (χ1n) is 12.9. The monoisotopic (exact) mass is 618 g/mol. The van der Waals surface area contributed by atoms with E-state index < -0.39 is 15.8 Å². The number of thioether (sulfide) groups is 1. The number of nitrogens with one attached hydrogen (secondary N) is 1. The third-order valence-electron chi connectivity index (χ3n) is 6.01. The molecular formula is C30H26N4O5S3. The van der Waals surface area contributed by atoms with E-state index in [-0.39, 0.29) is 40.3 Å². The molecule has 0 aliphatic rings. The van der Waals surface area contributed by atoms with Crippen LogP contribution in [0.15, 0.2) is 107 Å². The number of thiophene rings is 1. The van der Waals surface area contributed by atoms with E-state index in [0.717, 1.165) is 22.2 Å². The van der Waals surface area contributed by atoms with E-state index >= 15 is 0 Å². The van der Waals surface area contributed by atoms with Crippen LogP contribution in [0.2, 0.25) is 0 Å². The van der Waals surface area contributed by atoms with Crippen molar-refractivity contribution in [2.24, 2.45) is 0 Å². The number of hydrogen-bond donors (Lipinski definition) is 1. The van der Waals surface area contributed by atoms with E-state index in [1.54, 1.807) is 35.8 Å². The summed E-state index contributed by atoms with van der Waals surface area (Å²) in [4.78, 5) is 26.8. The molecule has 0 unspecified atom stereocenters. The first-order valence-corrected chi connectivity index (χ1v) is 16.4. The Bertz CT molecular complexity index is 1790. The summed E-state index contributed by atoms with van der Waals surface area (Å²) in [5.74, 6) is -1.09. The molecule has 0 aliphatic heterocycles. The Labute approximate surface area is 251 Å². The summed E-state index contributed by atoms with van der Waals surface area (Å²) < 4.78 is 33.1. The van der Waals surface area contributed by atoms with Crippen LogP contribution in [0.25, 0.3) is 16.1 Å². The second kappa shape index (κ2) is 13.1. The van der Waals surface area contributed by atoms with Gasteiger partial charge in [-0.2, -0.15) is 0 Å². The molecular weight excluding hydrogens is 593 g/mol. The number of rotatable bonds is 11. The third kappa shape index (κ3) is 6.78. The Hall–Kier alpha value is -4.26. The molecule has 0 aliphatic carbocycles. The summed E-state index contributed by atoms with van der Waals surface area (Å²) in [5.41, 5.74) is 1.86. The molecule has 214 valence electrons.